The molecule has 0 aliphatic carbocycles. The molecule has 8 heteroatoms. The molecule has 1 fully saturated rings. The Hall–Kier alpha value is -3.61. The van der Waals surface area contributed by atoms with Crippen LogP contribution in [0.1, 0.15) is 22.3 Å². The Bertz CT molecular complexity index is 1330. The minimum atomic E-state index is -0.845. The fourth-order valence-electron chi connectivity index (χ4n) is 3.71. The molecule has 0 spiro atoms. The van der Waals surface area contributed by atoms with E-state index in [1.54, 1.807) is 36.4 Å². The molecule has 3 aromatic rings. The zero-order valence-electron chi connectivity index (χ0n) is 18.4. The summed E-state index contributed by atoms with van der Waals surface area (Å²) in [6.45, 7) is 4.39. The first-order valence-electron chi connectivity index (χ1n) is 10.4. The van der Waals surface area contributed by atoms with Crippen LogP contribution in [0.4, 0.5) is 10.5 Å². The van der Waals surface area contributed by atoms with Gasteiger partial charge in [0, 0.05) is 5.02 Å². The predicted molar refractivity (Wildman–Crippen MR) is 132 cm³/mol. The van der Waals surface area contributed by atoms with Gasteiger partial charge >= 0.3 is 6.03 Å². The second-order valence-electron chi connectivity index (χ2n) is 7.91. The highest BCUT2D eigenvalue weighted by atomic mass is 35.5. The second kappa shape index (κ2) is 9.71. The van der Waals surface area contributed by atoms with Gasteiger partial charge in [0.05, 0.1) is 10.7 Å². The summed E-state index contributed by atoms with van der Waals surface area (Å²) < 4.78 is 5.86. The molecule has 1 aliphatic rings. The van der Waals surface area contributed by atoms with Gasteiger partial charge in [-0.3, -0.25) is 14.9 Å². The molecule has 0 radical (unpaired) electrons. The van der Waals surface area contributed by atoms with Crippen molar-refractivity contribution in [3.8, 4) is 5.75 Å². The lowest BCUT2D eigenvalue weighted by Crippen LogP contribution is -2.54. The molecule has 6 nitrogen and oxygen atoms in total. The summed E-state index contributed by atoms with van der Waals surface area (Å²) in [7, 11) is 0. The van der Waals surface area contributed by atoms with E-state index in [-0.39, 0.29) is 11.3 Å². The predicted octanol–water partition coefficient (Wildman–Crippen LogP) is 5.86. The lowest BCUT2D eigenvalue weighted by Gasteiger charge is -2.26. The van der Waals surface area contributed by atoms with Crippen LogP contribution in [0.5, 0.6) is 5.75 Å². The van der Waals surface area contributed by atoms with E-state index in [2.05, 4.69) is 11.4 Å². The third-order valence-corrected chi connectivity index (χ3v) is 5.64. The molecule has 3 aromatic carbocycles. The number of hydrogen-bond donors (Lipinski definition) is 1. The summed E-state index contributed by atoms with van der Waals surface area (Å²) in [5, 5.41) is 2.85. The summed E-state index contributed by atoms with van der Waals surface area (Å²) >= 11 is 12.4. The number of aryl methyl sites for hydroxylation is 2. The van der Waals surface area contributed by atoms with Gasteiger partial charge in [0.1, 0.15) is 17.9 Å². The Morgan fingerprint density at radius 3 is 2.35 bits per heavy atom. The van der Waals surface area contributed by atoms with Crippen LogP contribution in [0.25, 0.3) is 6.08 Å². The highest BCUT2D eigenvalue weighted by Gasteiger charge is 2.36. The van der Waals surface area contributed by atoms with Crippen LogP contribution >= 0.6 is 23.2 Å². The zero-order valence-corrected chi connectivity index (χ0v) is 19.9. The van der Waals surface area contributed by atoms with Crippen LogP contribution in [0.2, 0.25) is 10.0 Å². The molecular weight excluding hydrogens is 475 g/mol. The average Bonchev–Trinajstić information content (AvgIpc) is 2.75. The number of ether oxygens (including phenoxy) is 1. The van der Waals surface area contributed by atoms with Crippen molar-refractivity contribution in [2.75, 3.05) is 4.90 Å². The maximum atomic E-state index is 13.0. The van der Waals surface area contributed by atoms with E-state index >= 15 is 0 Å². The van der Waals surface area contributed by atoms with Gasteiger partial charge in [-0.15, -0.1) is 0 Å². The normalized spacial score (nSPS) is 15.0. The number of benzene rings is 3. The summed E-state index contributed by atoms with van der Waals surface area (Å²) in [5.74, 6) is -1.08. The number of halogens is 2. The molecule has 4 amide bonds. The second-order valence-corrected chi connectivity index (χ2v) is 8.76. The number of nitrogens with zero attached hydrogens (tertiary/aromatic N) is 1. The van der Waals surface area contributed by atoms with Gasteiger partial charge in [-0.1, -0.05) is 64.7 Å². The first-order valence-corrected chi connectivity index (χ1v) is 11.1. The number of amides is 4. The van der Waals surface area contributed by atoms with Gasteiger partial charge in [0.25, 0.3) is 11.8 Å². The number of rotatable bonds is 5. The highest BCUT2D eigenvalue weighted by molar-refractivity contribution is 6.39. The largest absolute Gasteiger partial charge is 0.487 e. The third-order valence-electron chi connectivity index (χ3n) is 5.11. The van der Waals surface area contributed by atoms with E-state index in [0.717, 1.165) is 21.6 Å². The summed E-state index contributed by atoms with van der Waals surface area (Å²) in [4.78, 5) is 38.6. The fraction of sp³-hybridized carbons (Fsp3) is 0.115. The van der Waals surface area contributed by atoms with Crippen molar-refractivity contribution in [3.05, 3.63) is 98.5 Å². The Balaban J connectivity index is 1.56. The number of hydrogen-bond acceptors (Lipinski definition) is 4. The molecule has 1 aliphatic heterocycles. The number of urea groups is 1. The Morgan fingerprint density at radius 1 is 0.941 bits per heavy atom. The number of barbiturate groups is 1. The zero-order chi connectivity index (χ0) is 24.4. The van der Waals surface area contributed by atoms with Crippen LogP contribution in [0.3, 0.4) is 0 Å². The molecule has 1 N–H and O–H groups in total. The molecule has 0 unspecified atom stereocenters. The van der Waals surface area contributed by atoms with Crippen molar-refractivity contribution in [1.82, 2.24) is 5.32 Å². The van der Waals surface area contributed by atoms with E-state index in [4.69, 9.17) is 27.9 Å². The van der Waals surface area contributed by atoms with Gasteiger partial charge in [0.15, 0.2) is 0 Å². The summed E-state index contributed by atoms with van der Waals surface area (Å²) in [6, 6.07) is 16.5. The smallest absolute Gasteiger partial charge is 0.335 e. The van der Waals surface area contributed by atoms with Crippen molar-refractivity contribution in [2.45, 2.75) is 20.5 Å². The fourth-order valence-corrected chi connectivity index (χ4v) is 4.14. The number of nitrogens with one attached hydrogen (secondary N) is 1. The minimum Gasteiger partial charge on any atom is -0.487 e. The number of carbonyl (C=O) groups excluding carboxylic acids is 3. The summed E-state index contributed by atoms with van der Waals surface area (Å²) in [5.41, 5.74) is 3.86. The lowest BCUT2D eigenvalue weighted by molar-refractivity contribution is -0.122. The summed E-state index contributed by atoms with van der Waals surface area (Å²) in [6.07, 6.45) is 1.38. The van der Waals surface area contributed by atoms with Crippen molar-refractivity contribution in [1.29, 1.82) is 0 Å². The van der Waals surface area contributed by atoms with E-state index in [1.807, 2.05) is 26.0 Å². The van der Waals surface area contributed by atoms with Gasteiger partial charge in [-0.05, 0) is 61.4 Å². The van der Waals surface area contributed by atoms with E-state index in [9.17, 15) is 14.4 Å². The lowest BCUT2D eigenvalue weighted by atomic mass is 10.1. The number of imide groups is 2. The number of carbonyl (C=O) groups is 3. The molecule has 0 bridgehead atoms. The molecule has 0 atom stereocenters. The van der Waals surface area contributed by atoms with Crippen molar-refractivity contribution < 1.29 is 19.1 Å². The van der Waals surface area contributed by atoms with Gasteiger partial charge in [-0.25, -0.2) is 9.69 Å². The van der Waals surface area contributed by atoms with Gasteiger partial charge in [0.2, 0.25) is 0 Å². The van der Waals surface area contributed by atoms with Crippen LogP contribution in [0.15, 0.2) is 66.2 Å². The molecule has 1 heterocycles. The van der Waals surface area contributed by atoms with Crippen molar-refractivity contribution >= 4 is 52.8 Å². The molecule has 0 aromatic heterocycles. The highest BCUT2D eigenvalue weighted by Crippen LogP contribution is 2.29. The first-order chi connectivity index (χ1) is 16.2. The van der Waals surface area contributed by atoms with E-state index < -0.39 is 17.8 Å². The van der Waals surface area contributed by atoms with Crippen LogP contribution in [-0.4, -0.2) is 17.8 Å². The monoisotopic (exact) mass is 494 g/mol. The quantitative estimate of drug-likeness (QED) is 0.356. The topological polar surface area (TPSA) is 75.7 Å². The Kier molecular flexibility index (Phi) is 6.72. The average molecular weight is 495 g/mol. The van der Waals surface area contributed by atoms with Crippen molar-refractivity contribution in [3.63, 3.8) is 0 Å². The molecule has 0 saturated carbocycles. The van der Waals surface area contributed by atoms with Gasteiger partial charge in [-0.2, -0.15) is 0 Å². The van der Waals surface area contributed by atoms with Gasteiger partial charge < -0.3 is 4.74 Å². The molecular formula is C26H20Cl2N2O4. The maximum absolute atomic E-state index is 13.0. The SMILES string of the molecule is Cc1cc(C)cc(COc2ccc(/C=C3\C(=O)NC(=O)N(c4cccc(Cl)c4)C3=O)cc2Cl)c1. The Labute approximate surface area is 206 Å². The maximum Gasteiger partial charge on any atom is 0.335 e. The molecule has 4 rings (SSSR count). The van der Waals surface area contributed by atoms with Crippen LogP contribution in [0, 0.1) is 13.8 Å². The van der Waals surface area contributed by atoms with E-state index in [0.29, 0.717) is 28.0 Å². The molecule has 34 heavy (non-hydrogen) atoms. The standard InChI is InChI=1S/C26H20Cl2N2O4/c1-15-8-16(2)10-18(9-15)14-34-23-7-6-17(12-22(23)28)11-21-24(31)29-26(33)30(25(21)32)20-5-3-4-19(27)13-20/h3-13H,14H2,1-2H3,(H,29,31,33)/b21-11+. The van der Waals surface area contributed by atoms with Crippen LogP contribution < -0.4 is 15.0 Å². The number of anilines is 1. The van der Waals surface area contributed by atoms with E-state index in [1.165, 1.54) is 12.1 Å². The molecule has 172 valence electrons. The van der Waals surface area contributed by atoms with Crippen LogP contribution in [-0.2, 0) is 16.2 Å². The Morgan fingerprint density at radius 2 is 1.68 bits per heavy atom. The third kappa shape index (κ3) is 5.14. The minimum absolute atomic E-state index is 0.209. The molecule has 1 saturated heterocycles. The van der Waals surface area contributed by atoms with Crippen molar-refractivity contribution in [2.24, 2.45) is 0 Å². The first kappa shape index (κ1) is 23.5.